The second-order valence-electron chi connectivity index (χ2n) is 5.24. The Balaban J connectivity index is 1.96. The van der Waals surface area contributed by atoms with E-state index in [4.69, 9.17) is 0 Å². The highest BCUT2D eigenvalue weighted by Crippen LogP contribution is 2.12. The van der Waals surface area contributed by atoms with E-state index in [1.54, 1.807) is 0 Å². The molecule has 2 aromatic carbocycles. The molecule has 0 fully saturated rings. The Hall–Kier alpha value is -2.04. The Morgan fingerprint density at radius 3 is 2.33 bits per heavy atom. The van der Waals surface area contributed by atoms with Crippen molar-refractivity contribution >= 4 is 0 Å². The molecule has 0 aliphatic carbocycles. The molecule has 0 saturated heterocycles. The Labute approximate surface area is 127 Å². The van der Waals surface area contributed by atoms with Crippen molar-refractivity contribution in [3.8, 4) is 11.8 Å². The molecule has 0 saturated carbocycles. The zero-order chi connectivity index (χ0) is 14.9. The fourth-order valence-electron chi connectivity index (χ4n) is 2.20. The van der Waals surface area contributed by atoms with Gasteiger partial charge in [-0.15, -0.1) is 0 Å². The van der Waals surface area contributed by atoms with Crippen LogP contribution in [0.4, 0.5) is 0 Å². The lowest BCUT2D eigenvalue weighted by Crippen LogP contribution is -1.92. The van der Waals surface area contributed by atoms with E-state index >= 15 is 0 Å². The normalized spacial score (nSPS) is 11.5. The van der Waals surface area contributed by atoms with E-state index in [0.29, 0.717) is 0 Å². The van der Waals surface area contributed by atoms with Crippen LogP contribution in [0.3, 0.4) is 0 Å². The van der Waals surface area contributed by atoms with E-state index in [2.05, 4.69) is 30.9 Å². The zero-order valence-electron chi connectivity index (χ0n) is 12.5. The van der Waals surface area contributed by atoms with Crippen molar-refractivity contribution in [2.24, 2.45) is 0 Å². The van der Waals surface area contributed by atoms with Gasteiger partial charge in [0.05, 0.1) is 0 Å². The van der Waals surface area contributed by atoms with Crippen LogP contribution in [0.5, 0.6) is 0 Å². The molecule has 0 amide bonds. The van der Waals surface area contributed by atoms with Crippen molar-refractivity contribution < 1.29 is 5.11 Å². The maximum Gasteiger partial charge on any atom is 0.140 e. The van der Waals surface area contributed by atoms with Gasteiger partial charge in [-0.1, -0.05) is 74.1 Å². The molecule has 2 rings (SSSR count). The molecule has 0 spiro atoms. The summed E-state index contributed by atoms with van der Waals surface area (Å²) in [5.74, 6) is 5.93. The molecule has 0 bridgehead atoms. The van der Waals surface area contributed by atoms with E-state index in [1.807, 2.05) is 42.5 Å². The SMILES string of the molecule is CCCCCc1ccc(C#CC(O)c2ccccc2)cc1. The number of unbranched alkanes of at least 4 members (excludes halogenated alkanes) is 2. The molecule has 0 heterocycles. The average Bonchev–Trinajstić information content (AvgIpc) is 2.55. The predicted molar refractivity (Wildman–Crippen MR) is 88.0 cm³/mol. The van der Waals surface area contributed by atoms with Crippen LogP contribution in [0.25, 0.3) is 0 Å². The Kier molecular flexibility index (Phi) is 6.06. The topological polar surface area (TPSA) is 20.2 Å². The first kappa shape index (κ1) is 15.4. The van der Waals surface area contributed by atoms with E-state index in [1.165, 1.54) is 24.8 Å². The summed E-state index contributed by atoms with van der Waals surface area (Å²) in [5.41, 5.74) is 3.14. The van der Waals surface area contributed by atoms with Crippen molar-refractivity contribution in [2.75, 3.05) is 0 Å². The third-order valence-corrected chi connectivity index (χ3v) is 3.49. The van der Waals surface area contributed by atoms with E-state index < -0.39 is 6.10 Å². The first-order valence-electron chi connectivity index (χ1n) is 7.63. The van der Waals surface area contributed by atoms with E-state index in [-0.39, 0.29) is 0 Å². The van der Waals surface area contributed by atoms with Crippen molar-refractivity contribution in [3.05, 3.63) is 71.3 Å². The smallest absolute Gasteiger partial charge is 0.140 e. The summed E-state index contributed by atoms with van der Waals surface area (Å²) in [6.07, 6.45) is 4.18. The maximum absolute atomic E-state index is 10.0. The van der Waals surface area contributed by atoms with E-state index in [9.17, 15) is 5.11 Å². The maximum atomic E-state index is 10.0. The molecule has 0 aromatic heterocycles. The van der Waals surface area contributed by atoms with Gasteiger partial charge in [0.25, 0.3) is 0 Å². The summed E-state index contributed by atoms with van der Waals surface area (Å²) in [5, 5.41) is 10.0. The minimum Gasteiger partial charge on any atom is -0.376 e. The second kappa shape index (κ2) is 8.29. The van der Waals surface area contributed by atoms with Gasteiger partial charge < -0.3 is 5.11 Å². The number of rotatable bonds is 5. The molecule has 1 atom stereocenters. The molecule has 1 N–H and O–H groups in total. The number of hydrogen-bond donors (Lipinski definition) is 1. The molecule has 108 valence electrons. The van der Waals surface area contributed by atoms with Gasteiger partial charge >= 0.3 is 0 Å². The lowest BCUT2D eigenvalue weighted by Gasteiger charge is -2.02. The van der Waals surface area contributed by atoms with Crippen LogP contribution in [0.1, 0.15) is 49.0 Å². The molecule has 1 unspecified atom stereocenters. The molecule has 1 heteroatoms. The van der Waals surface area contributed by atoms with Crippen LogP contribution < -0.4 is 0 Å². The standard InChI is InChI=1S/C20H22O/c1-2-3-5-8-17-11-13-18(14-12-17)15-16-20(21)19-9-6-4-7-10-19/h4,6-7,9-14,20-21H,2-3,5,8H2,1H3. The van der Waals surface area contributed by atoms with Gasteiger partial charge in [0.1, 0.15) is 6.10 Å². The molecule has 0 radical (unpaired) electrons. The van der Waals surface area contributed by atoms with Crippen molar-refractivity contribution in [1.82, 2.24) is 0 Å². The van der Waals surface area contributed by atoms with Crippen LogP contribution >= 0.6 is 0 Å². The molecule has 2 aromatic rings. The summed E-state index contributed by atoms with van der Waals surface area (Å²) >= 11 is 0. The largest absolute Gasteiger partial charge is 0.376 e. The Morgan fingerprint density at radius 2 is 1.67 bits per heavy atom. The first-order chi connectivity index (χ1) is 10.3. The summed E-state index contributed by atoms with van der Waals surface area (Å²) < 4.78 is 0. The van der Waals surface area contributed by atoms with Gasteiger partial charge in [-0.05, 0) is 36.1 Å². The third-order valence-electron chi connectivity index (χ3n) is 3.49. The average molecular weight is 278 g/mol. The minimum absolute atomic E-state index is 0.726. The minimum atomic E-state index is -0.726. The fourth-order valence-corrected chi connectivity index (χ4v) is 2.20. The van der Waals surface area contributed by atoms with Crippen LogP contribution in [0, 0.1) is 11.8 Å². The first-order valence-corrected chi connectivity index (χ1v) is 7.63. The van der Waals surface area contributed by atoms with Gasteiger partial charge in [0.2, 0.25) is 0 Å². The molecule has 0 aliphatic rings. The summed E-state index contributed by atoms with van der Waals surface area (Å²) in [6.45, 7) is 2.22. The summed E-state index contributed by atoms with van der Waals surface area (Å²) in [6, 6.07) is 17.9. The Morgan fingerprint density at radius 1 is 0.952 bits per heavy atom. The summed E-state index contributed by atoms with van der Waals surface area (Å²) in [7, 11) is 0. The highest BCUT2D eigenvalue weighted by atomic mass is 16.3. The molecular formula is C20H22O. The van der Waals surface area contributed by atoms with Crippen LogP contribution in [-0.4, -0.2) is 5.11 Å². The van der Waals surface area contributed by atoms with E-state index in [0.717, 1.165) is 17.5 Å². The quantitative estimate of drug-likeness (QED) is 0.630. The van der Waals surface area contributed by atoms with Gasteiger partial charge in [0.15, 0.2) is 0 Å². The van der Waals surface area contributed by atoms with Gasteiger partial charge in [-0.3, -0.25) is 0 Å². The van der Waals surface area contributed by atoms with Crippen molar-refractivity contribution in [3.63, 3.8) is 0 Å². The van der Waals surface area contributed by atoms with Crippen molar-refractivity contribution in [2.45, 2.75) is 38.7 Å². The highest BCUT2D eigenvalue weighted by molar-refractivity contribution is 5.38. The number of hydrogen-bond acceptors (Lipinski definition) is 1. The molecule has 21 heavy (non-hydrogen) atoms. The monoisotopic (exact) mass is 278 g/mol. The lowest BCUT2D eigenvalue weighted by molar-refractivity contribution is 0.238. The van der Waals surface area contributed by atoms with Crippen LogP contribution in [0.15, 0.2) is 54.6 Å². The van der Waals surface area contributed by atoms with Gasteiger partial charge in [-0.25, -0.2) is 0 Å². The number of benzene rings is 2. The van der Waals surface area contributed by atoms with Gasteiger partial charge in [-0.2, -0.15) is 0 Å². The predicted octanol–water partition coefficient (Wildman–Crippen LogP) is 4.50. The number of aliphatic hydroxyl groups excluding tert-OH is 1. The summed E-state index contributed by atoms with van der Waals surface area (Å²) in [4.78, 5) is 0. The molecule has 1 nitrogen and oxygen atoms in total. The van der Waals surface area contributed by atoms with Crippen LogP contribution in [-0.2, 0) is 6.42 Å². The number of aliphatic hydroxyl groups is 1. The second-order valence-corrected chi connectivity index (χ2v) is 5.24. The van der Waals surface area contributed by atoms with Crippen LogP contribution in [0.2, 0.25) is 0 Å². The Bertz CT molecular complexity index is 587. The molecule has 0 aliphatic heterocycles. The molecular weight excluding hydrogens is 256 g/mol. The number of aryl methyl sites for hydroxylation is 1. The van der Waals surface area contributed by atoms with Gasteiger partial charge in [0, 0.05) is 5.56 Å². The fraction of sp³-hybridized carbons (Fsp3) is 0.300. The van der Waals surface area contributed by atoms with Crippen molar-refractivity contribution in [1.29, 1.82) is 0 Å². The third kappa shape index (κ3) is 5.10. The lowest BCUT2D eigenvalue weighted by atomic mass is 10.0. The highest BCUT2D eigenvalue weighted by Gasteiger charge is 2.01. The zero-order valence-corrected chi connectivity index (χ0v) is 12.5.